The van der Waals surface area contributed by atoms with Crippen molar-refractivity contribution in [2.45, 2.75) is 45.2 Å². The van der Waals surface area contributed by atoms with Gasteiger partial charge in [0, 0.05) is 47.2 Å². The Morgan fingerprint density at radius 3 is 2.63 bits per heavy atom. The third-order valence-corrected chi connectivity index (χ3v) is 7.23. The summed E-state index contributed by atoms with van der Waals surface area (Å²) in [5, 5.41) is 10.5. The van der Waals surface area contributed by atoms with Gasteiger partial charge in [-0.25, -0.2) is 4.79 Å². The Kier molecular flexibility index (Phi) is 4.58. The largest absolute Gasteiger partial charge is 0.496 e. The maximum absolute atomic E-state index is 11.3. The zero-order valence-corrected chi connectivity index (χ0v) is 17.6. The van der Waals surface area contributed by atoms with Crippen LogP contribution in [0.5, 0.6) is 5.75 Å². The van der Waals surface area contributed by atoms with Crippen molar-refractivity contribution in [3.63, 3.8) is 0 Å². The summed E-state index contributed by atoms with van der Waals surface area (Å²) in [4.78, 5) is 17.2. The first-order valence-electron chi connectivity index (χ1n) is 10.7. The highest BCUT2D eigenvalue weighted by molar-refractivity contribution is 5.88. The van der Waals surface area contributed by atoms with Crippen LogP contribution in [0.4, 0.5) is 0 Å². The lowest BCUT2D eigenvalue weighted by Crippen LogP contribution is -2.56. The Morgan fingerprint density at radius 1 is 1.23 bits per heavy atom. The normalized spacial score (nSPS) is 20.5. The number of nitrogens with one attached hydrogen (secondary N) is 1. The molecule has 1 aromatic heterocycles. The van der Waals surface area contributed by atoms with Crippen LogP contribution < -0.4 is 4.74 Å². The van der Waals surface area contributed by atoms with Crippen molar-refractivity contribution in [1.29, 1.82) is 0 Å². The Bertz CT molecular complexity index is 1090. The summed E-state index contributed by atoms with van der Waals surface area (Å²) >= 11 is 0. The number of hydrogen-bond donors (Lipinski definition) is 2. The number of fused-ring (bicyclic) bond motifs is 1. The van der Waals surface area contributed by atoms with E-state index < -0.39 is 5.97 Å². The summed E-state index contributed by atoms with van der Waals surface area (Å²) in [5.74, 6) is 0.0637. The van der Waals surface area contributed by atoms with Gasteiger partial charge in [-0.05, 0) is 55.2 Å². The van der Waals surface area contributed by atoms with Crippen molar-refractivity contribution in [2.24, 2.45) is 5.41 Å². The van der Waals surface area contributed by atoms with Gasteiger partial charge in [-0.1, -0.05) is 25.0 Å². The standard InChI is InChI=1S/C25H28N2O3/c1-16-13-21(30-2)20(19-9-12-26-22(16)19)14-27-15-25(10-3-4-11-25)23(27)17-5-7-18(8-6-17)24(28)29/h5-9,12-13,23,26H,3-4,10-11,14-15H2,1-2H3,(H,28,29). The second-order valence-electron chi connectivity index (χ2n) is 8.94. The van der Waals surface area contributed by atoms with Crippen LogP contribution in [0, 0.1) is 12.3 Å². The van der Waals surface area contributed by atoms with Crippen LogP contribution in [0.15, 0.2) is 42.6 Å². The Labute approximate surface area is 176 Å². The summed E-state index contributed by atoms with van der Waals surface area (Å²) in [6.07, 6.45) is 7.07. The fraction of sp³-hybridized carbons (Fsp3) is 0.400. The lowest BCUT2D eigenvalue weighted by molar-refractivity contribution is -0.0799. The van der Waals surface area contributed by atoms with Crippen LogP contribution in [-0.4, -0.2) is 34.6 Å². The first kappa shape index (κ1) is 19.2. The molecule has 2 fully saturated rings. The van der Waals surface area contributed by atoms with Gasteiger partial charge >= 0.3 is 5.97 Å². The zero-order valence-electron chi connectivity index (χ0n) is 17.6. The molecule has 1 saturated carbocycles. The van der Waals surface area contributed by atoms with Crippen LogP contribution in [0.1, 0.15) is 58.8 Å². The van der Waals surface area contributed by atoms with Gasteiger partial charge in [-0.2, -0.15) is 0 Å². The van der Waals surface area contributed by atoms with E-state index >= 15 is 0 Å². The van der Waals surface area contributed by atoms with E-state index in [2.05, 4.69) is 28.9 Å². The molecule has 5 rings (SSSR count). The minimum absolute atomic E-state index is 0.319. The molecule has 1 spiro atoms. The van der Waals surface area contributed by atoms with E-state index in [1.54, 1.807) is 19.2 Å². The lowest BCUT2D eigenvalue weighted by atomic mass is 9.67. The average Bonchev–Trinajstić information content (AvgIpc) is 3.40. The Hall–Kier alpha value is -2.79. The number of carboxylic acid groups (broad SMARTS) is 1. The molecule has 2 heterocycles. The van der Waals surface area contributed by atoms with E-state index in [4.69, 9.17) is 4.74 Å². The van der Waals surface area contributed by atoms with Gasteiger partial charge in [0.15, 0.2) is 0 Å². The van der Waals surface area contributed by atoms with Crippen molar-refractivity contribution in [3.05, 3.63) is 64.8 Å². The number of likely N-dealkylation sites (tertiary alicyclic amines) is 1. The van der Waals surface area contributed by atoms with E-state index in [0.717, 1.165) is 18.8 Å². The van der Waals surface area contributed by atoms with Gasteiger partial charge in [-0.3, -0.25) is 4.90 Å². The molecule has 5 nitrogen and oxygen atoms in total. The number of benzene rings is 2. The van der Waals surface area contributed by atoms with Crippen LogP contribution in [0.2, 0.25) is 0 Å². The minimum Gasteiger partial charge on any atom is -0.496 e. The molecule has 0 radical (unpaired) electrons. The third-order valence-electron chi connectivity index (χ3n) is 7.23. The molecular formula is C25H28N2O3. The molecule has 3 aromatic rings. The molecular weight excluding hydrogens is 376 g/mol. The summed E-state index contributed by atoms with van der Waals surface area (Å²) in [6.45, 7) is 4.02. The van der Waals surface area contributed by atoms with Crippen molar-refractivity contribution in [1.82, 2.24) is 9.88 Å². The van der Waals surface area contributed by atoms with Gasteiger partial charge in [0.1, 0.15) is 5.75 Å². The van der Waals surface area contributed by atoms with Crippen LogP contribution in [0.25, 0.3) is 10.9 Å². The molecule has 1 aliphatic heterocycles. The molecule has 2 N–H and O–H groups in total. The predicted molar refractivity (Wildman–Crippen MR) is 117 cm³/mol. The number of carboxylic acids is 1. The molecule has 0 bridgehead atoms. The van der Waals surface area contributed by atoms with Crippen LogP contribution in [-0.2, 0) is 6.54 Å². The van der Waals surface area contributed by atoms with Gasteiger partial charge in [0.05, 0.1) is 12.7 Å². The van der Waals surface area contributed by atoms with Crippen LogP contribution in [0.3, 0.4) is 0 Å². The second kappa shape index (κ2) is 7.17. The van der Waals surface area contributed by atoms with Crippen LogP contribution >= 0.6 is 0 Å². The highest BCUT2D eigenvalue weighted by Gasteiger charge is 2.54. The minimum atomic E-state index is -0.873. The molecule has 2 aromatic carbocycles. The van der Waals surface area contributed by atoms with Gasteiger partial charge in [-0.15, -0.1) is 0 Å². The van der Waals surface area contributed by atoms with Gasteiger partial charge < -0.3 is 14.8 Å². The number of hydrogen-bond acceptors (Lipinski definition) is 3. The molecule has 5 heteroatoms. The molecule has 0 amide bonds. The van der Waals surface area contributed by atoms with E-state index in [9.17, 15) is 9.90 Å². The number of rotatable bonds is 5. The van der Waals surface area contributed by atoms with Crippen molar-refractivity contribution < 1.29 is 14.6 Å². The highest BCUT2D eigenvalue weighted by Crippen LogP contribution is 2.58. The highest BCUT2D eigenvalue weighted by atomic mass is 16.5. The van der Waals surface area contributed by atoms with Crippen molar-refractivity contribution in [3.8, 4) is 5.75 Å². The summed E-state index contributed by atoms with van der Waals surface area (Å²) in [6, 6.07) is 12.1. The Balaban J connectivity index is 1.51. The molecule has 1 atom stereocenters. The van der Waals surface area contributed by atoms with Gasteiger partial charge in [0.2, 0.25) is 0 Å². The number of methoxy groups -OCH3 is 1. The third kappa shape index (κ3) is 2.91. The number of nitrogens with zero attached hydrogens (tertiary/aromatic N) is 1. The van der Waals surface area contributed by atoms with E-state index in [0.29, 0.717) is 17.0 Å². The SMILES string of the molecule is COc1cc(C)c2[nH]ccc2c1CN1CC2(CCCC2)C1c1ccc(C(=O)O)cc1. The average molecular weight is 405 g/mol. The lowest BCUT2D eigenvalue weighted by Gasteiger charge is -2.57. The Morgan fingerprint density at radius 2 is 1.97 bits per heavy atom. The predicted octanol–water partition coefficient (Wildman–Crippen LogP) is 5.30. The molecule has 156 valence electrons. The van der Waals surface area contributed by atoms with Crippen molar-refractivity contribution in [2.75, 3.05) is 13.7 Å². The number of H-pyrrole nitrogens is 1. The first-order chi connectivity index (χ1) is 14.5. The molecule has 1 saturated heterocycles. The maximum Gasteiger partial charge on any atom is 0.335 e. The fourth-order valence-electron chi connectivity index (χ4n) is 5.87. The second-order valence-corrected chi connectivity index (χ2v) is 8.94. The maximum atomic E-state index is 11.3. The number of ether oxygens (including phenoxy) is 1. The van der Waals surface area contributed by atoms with Gasteiger partial charge in [0.25, 0.3) is 0 Å². The number of aromatic carboxylic acids is 1. The number of aromatic amines is 1. The van der Waals surface area contributed by atoms with E-state index in [-0.39, 0.29) is 0 Å². The zero-order chi connectivity index (χ0) is 20.9. The fourth-order valence-corrected chi connectivity index (χ4v) is 5.87. The number of aryl methyl sites for hydroxylation is 1. The summed E-state index contributed by atoms with van der Waals surface area (Å²) < 4.78 is 5.77. The molecule has 30 heavy (non-hydrogen) atoms. The summed E-state index contributed by atoms with van der Waals surface area (Å²) in [5.41, 5.74) is 5.47. The smallest absolute Gasteiger partial charge is 0.335 e. The summed E-state index contributed by atoms with van der Waals surface area (Å²) in [7, 11) is 1.74. The topological polar surface area (TPSA) is 65.6 Å². The van der Waals surface area contributed by atoms with E-state index in [1.807, 2.05) is 18.3 Å². The molecule has 1 aliphatic carbocycles. The quantitative estimate of drug-likeness (QED) is 0.606. The van der Waals surface area contributed by atoms with E-state index in [1.165, 1.54) is 53.3 Å². The number of carbonyl (C=O) groups is 1. The number of aromatic nitrogens is 1. The van der Waals surface area contributed by atoms with Crippen molar-refractivity contribution >= 4 is 16.9 Å². The monoisotopic (exact) mass is 404 g/mol. The molecule has 2 aliphatic rings. The first-order valence-corrected chi connectivity index (χ1v) is 10.7. The molecule has 1 unspecified atom stereocenters.